The second kappa shape index (κ2) is 9.22. The number of hydrogen-bond donors (Lipinski definition) is 4. The molecule has 2 aliphatic rings. The molecular weight excluding hydrogens is 466 g/mol. The molecule has 12 heteroatoms. The van der Waals surface area contributed by atoms with Gasteiger partial charge >= 0.3 is 0 Å². The molecule has 3 aromatic heterocycles. The van der Waals surface area contributed by atoms with E-state index in [4.69, 9.17) is 19.4 Å². The summed E-state index contributed by atoms with van der Waals surface area (Å²) >= 11 is 0. The van der Waals surface area contributed by atoms with Crippen LogP contribution in [-0.4, -0.2) is 88.8 Å². The Labute approximate surface area is 206 Å². The molecule has 12 nitrogen and oxygen atoms in total. The number of anilines is 1. The van der Waals surface area contributed by atoms with Crippen LogP contribution in [0.1, 0.15) is 18.2 Å². The number of aryl methyl sites for hydroxylation is 1. The van der Waals surface area contributed by atoms with E-state index < -0.39 is 31.1 Å². The molecule has 0 radical (unpaired) electrons. The first-order valence-corrected chi connectivity index (χ1v) is 11.8. The van der Waals surface area contributed by atoms with Crippen molar-refractivity contribution in [2.45, 2.75) is 43.9 Å². The third-order valence-electron chi connectivity index (χ3n) is 6.64. The van der Waals surface area contributed by atoms with Crippen molar-refractivity contribution in [3.8, 4) is 17.1 Å². The van der Waals surface area contributed by atoms with Gasteiger partial charge in [-0.25, -0.2) is 9.67 Å². The standard InChI is InChI=1S/C24H27N7O5/c1-13-2-4-14(5-3-13)15-8-26-31(9-15)24-28-21(27-16-6-7-35-11-16)18-22(29-24)30(12-25-18)23-20(34)19(33)17(10-32)36-23/h2-5,8-9,12,16-17,19-20,23,32-34H,6-7,10-11H2,1H3,(H,27,28,29)/t16?,17-,19-,20-,23-/m1/s1. The molecule has 6 rings (SSSR count). The molecule has 0 aliphatic carbocycles. The zero-order valence-electron chi connectivity index (χ0n) is 19.6. The number of aromatic nitrogens is 6. The first-order valence-electron chi connectivity index (χ1n) is 11.8. The normalized spacial score (nSPS) is 26.2. The van der Waals surface area contributed by atoms with Crippen molar-refractivity contribution < 1.29 is 24.8 Å². The quantitative estimate of drug-likeness (QED) is 0.303. The van der Waals surface area contributed by atoms with Gasteiger partial charge in [-0.05, 0) is 18.9 Å². The van der Waals surface area contributed by atoms with E-state index in [1.54, 1.807) is 15.4 Å². The maximum absolute atomic E-state index is 10.6. The molecular formula is C24H27N7O5. The third-order valence-corrected chi connectivity index (χ3v) is 6.64. The highest BCUT2D eigenvalue weighted by Gasteiger charge is 2.44. The maximum atomic E-state index is 10.6. The number of hydrogen-bond acceptors (Lipinski definition) is 10. The molecule has 0 amide bonds. The highest BCUT2D eigenvalue weighted by molar-refractivity contribution is 5.84. The lowest BCUT2D eigenvalue weighted by Crippen LogP contribution is -2.33. The van der Waals surface area contributed by atoms with Crippen molar-refractivity contribution in [2.24, 2.45) is 0 Å². The van der Waals surface area contributed by atoms with Crippen LogP contribution in [0.3, 0.4) is 0 Å². The molecule has 4 N–H and O–H groups in total. The molecule has 1 aromatic carbocycles. The zero-order chi connectivity index (χ0) is 24.8. The number of benzene rings is 1. The molecule has 1 unspecified atom stereocenters. The molecule has 4 aromatic rings. The molecule has 188 valence electrons. The van der Waals surface area contributed by atoms with Gasteiger partial charge in [-0.1, -0.05) is 29.8 Å². The van der Waals surface area contributed by atoms with E-state index in [0.717, 1.165) is 17.5 Å². The highest BCUT2D eigenvalue weighted by Crippen LogP contribution is 2.33. The average molecular weight is 494 g/mol. The summed E-state index contributed by atoms with van der Waals surface area (Å²) in [5.41, 5.74) is 3.97. The second-order valence-corrected chi connectivity index (χ2v) is 9.17. The maximum Gasteiger partial charge on any atom is 0.254 e. The molecule has 5 atom stereocenters. The number of nitrogens with zero attached hydrogens (tertiary/aromatic N) is 6. The molecule has 2 aliphatic heterocycles. The van der Waals surface area contributed by atoms with Crippen LogP contribution in [0.15, 0.2) is 43.0 Å². The molecule has 0 saturated carbocycles. The van der Waals surface area contributed by atoms with Crippen LogP contribution in [0.2, 0.25) is 0 Å². The molecule has 0 spiro atoms. The van der Waals surface area contributed by atoms with Crippen LogP contribution in [0.4, 0.5) is 5.82 Å². The zero-order valence-corrected chi connectivity index (χ0v) is 19.6. The molecule has 2 fully saturated rings. The fraction of sp³-hybridized carbons (Fsp3) is 0.417. The van der Waals surface area contributed by atoms with E-state index in [2.05, 4.69) is 15.4 Å². The number of rotatable bonds is 6. The minimum atomic E-state index is -1.27. The van der Waals surface area contributed by atoms with Gasteiger partial charge in [-0.3, -0.25) is 4.57 Å². The van der Waals surface area contributed by atoms with Gasteiger partial charge in [0.15, 0.2) is 23.2 Å². The van der Waals surface area contributed by atoms with E-state index in [1.165, 1.54) is 11.9 Å². The Morgan fingerprint density at radius 3 is 2.67 bits per heavy atom. The Balaban J connectivity index is 1.43. The van der Waals surface area contributed by atoms with Gasteiger partial charge in [-0.15, -0.1) is 0 Å². The van der Waals surface area contributed by atoms with Crippen LogP contribution >= 0.6 is 0 Å². The van der Waals surface area contributed by atoms with Gasteiger partial charge in [0.05, 0.1) is 31.8 Å². The monoisotopic (exact) mass is 493 g/mol. The predicted octanol–water partition coefficient (Wildman–Crippen LogP) is 0.800. The van der Waals surface area contributed by atoms with Crippen LogP contribution in [0.5, 0.6) is 0 Å². The lowest BCUT2D eigenvalue weighted by atomic mass is 10.1. The van der Waals surface area contributed by atoms with Crippen LogP contribution < -0.4 is 5.32 Å². The van der Waals surface area contributed by atoms with Gasteiger partial charge in [0.1, 0.15) is 18.3 Å². The Hall–Kier alpha value is -3.42. The summed E-state index contributed by atoms with van der Waals surface area (Å²) in [7, 11) is 0. The minimum absolute atomic E-state index is 0.0655. The first kappa shape index (κ1) is 23.0. The fourth-order valence-corrected chi connectivity index (χ4v) is 4.57. The van der Waals surface area contributed by atoms with Crippen LogP contribution in [-0.2, 0) is 9.47 Å². The predicted molar refractivity (Wildman–Crippen MR) is 128 cm³/mol. The summed E-state index contributed by atoms with van der Waals surface area (Å²) in [6.45, 7) is 2.83. The van der Waals surface area contributed by atoms with Crippen molar-refractivity contribution in [3.63, 3.8) is 0 Å². The lowest BCUT2D eigenvalue weighted by Gasteiger charge is -2.17. The van der Waals surface area contributed by atoms with Gasteiger partial charge in [0, 0.05) is 18.4 Å². The summed E-state index contributed by atoms with van der Waals surface area (Å²) < 4.78 is 14.4. The van der Waals surface area contributed by atoms with Crippen LogP contribution in [0, 0.1) is 6.92 Å². The van der Waals surface area contributed by atoms with E-state index in [-0.39, 0.29) is 6.04 Å². The first-order chi connectivity index (χ1) is 17.5. The number of ether oxygens (including phenoxy) is 2. The van der Waals surface area contributed by atoms with Gasteiger partial charge < -0.3 is 30.1 Å². The number of aliphatic hydroxyl groups is 3. The number of aliphatic hydroxyl groups excluding tert-OH is 3. The summed E-state index contributed by atoms with van der Waals surface area (Å²) in [5.74, 6) is 0.805. The van der Waals surface area contributed by atoms with Crippen molar-refractivity contribution in [1.82, 2.24) is 29.3 Å². The highest BCUT2D eigenvalue weighted by atomic mass is 16.6. The second-order valence-electron chi connectivity index (χ2n) is 9.17. The Morgan fingerprint density at radius 2 is 1.94 bits per heavy atom. The summed E-state index contributed by atoms with van der Waals surface area (Å²) in [4.78, 5) is 13.9. The Morgan fingerprint density at radius 1 is 1.11 bits per heavy atom. The molecule has 5 heterocycles. The van der Waals surface area contributed by atoms with Gasteiger partial charge in [0.2, 0.25) is 0 Å². The Bertz CT molecular complexity index is 1370. The largest absolute Gasteiger partial charge is 0.394 e. The molecule has 2 saturated heterocycles. The van der Waals surface area contributed by atoms with E-state index in [0.29, 0.717) is 36.1 Å². The molecule has 36 heavy (non-hydrogen) atoms. The molecule has 0 bridgehead atoms. The van der Waals surface area contributed by atoms with Crippen molar-refractivity contribution in [3.05, 3.63) is 48.5 Å². The Kier molecular flexibility index (Phi) is 5.90. The average Bonchev–Trinajstić information content (AvgIpc) is 3.68. The van der Waals surface area contributed by atoms with Gasteiger partial charge in [-0.2, -0.15) is 15.1 Å². The third kappa shape index (κ3) is 4.02. The van der Waals surface area contributed by atoms with Gasteiger partial charge in [0.25, 0.3) is 5.95 Å². The summed E-state index contributed by atoms with van der Waals surface area (Å²) in [6, 6.07) is 8.21. The SMILES string of the molecule is Cc1ccc(-c2cnn(-c3nc(NC4CCOC4)c4ncn([C@@H]5O[C@H](CO)[C@@H](O)[C@H]5O)c4n3)c2)cc1. The van der Waals surface area contributed by atoms with Crippen molar-refractivity contribution in [1.29, 1.82) is 0 Å². The van der Waals surface area contributed by atoms with Crippen molar-refractivity contribution >= 4 is 17.0 Å². The number of imidazole rings is 1. The van der Waals surface area contributed by atoms with E-state index >= 15 is 0 Å². The smallest absolute Gasteiger partial charge is 0.254 e. The van der Waals surface area contributed by atoms with E-state index in [1.807, 2.05) is 37.4 Å². The minimum Gasteiger partial charge on any atom is -0.394 e. The lowest BCUT2D eigenvalue weighted by molar-refractivity contribution is -0.0511. The number of nitrogens with one attached hydrogen (secondary N) is 1. The topological polar surface area (TPSA) is 153 Å². The van der Waals surface area contributed by atoms with Crippen molar-refractivity contribution in [2.75, 3.05) is 25.1 Å². The van der Waals surface area contributed by atoms with E-state index in [9.17, 15) is 15.3 Å². The fourth-order valence-electron chi connectivity index (χ4n) is 4.57. The number of fused-ring (bicyclic) bond motifs is 1. The summed E-state index contributed by atoms with van der Waals surface area (Å²) in [5, 5.41) is 38.3. The van der Waals surface area contributed by atoms with Crippen LogP contribution in [0.25, 0.3) is 28.2 Å². The summed E-state index contributed by atoms with van der Waals surface area (Å²) in [6.07, 6.45) is 1.51.